The topological polar surface area (TPSA) is 58.2 Å². The molecule has 0 spiro atoms. The van der Waals surface area contributed by atoms with E-state index in [9.17, 15) is 9.59 Å². The van der Waals surface area contributed by atoms with Gasteiger partial charge >= 0.3 is 0 Å². The van der Waals surface area contributed by atoms with Gasteiger partial charge in [-0.15, -0.1) is 0 Å². The van der Waals surface area contributed by atoms with Gasteiger partial charge in [0.1, 0.15) is 0 Å². The van der Waals surface area contributed by atoms with Crippen LogP contribution in [0, 0.1) is 6.92 Å². The molecule has 2 aromatic rings. The highest BCUT2D eigenvalue weighted by Gasteiger charge is 2.05. The Morgan fingerprint density at radius 1 is 1.09 bits per heavy atom. The van der Waals surface area contributed by atoms with Crippen molar-refractivity contribution in [2.45, 2.75) is 13.8 Å². The average molecular weight is 361 g/mol. The average Bonchev–Trinajstić information content (AvgIpc) is 2.49. The zero-order chi connectivity index (χ0) is 16.1. The smallest absolute Gasteiger partial charge is 0.243 e. The second-order valence-electron chi connectivity index (χ2n) is 5.00. The van der Waals surface area contributed by atoms with Crippen molar-refractivity contribution in [2.75, 3.05) is 17.2 Å². The summed E-state index contributed by atoms with van der Waals surface area (Å²) in [5, 5.41) is 5.83. The number of Topliss-reactive ketones (excluding diaryl/α,β-unsaturated/α-hetero) is 1. The summed E-state index contributed by atoms with van der Waals surface area (Å²) in [5.41, 5.74) is 3.19. The third kappa shape index (κ3) is 4.43. The molecule has 4 nitrogen and oxygen atoms in total. The highest BCUT2D eigenvalue weighted by molar-refractivity contribution is 9.10. The molecule has 0 aliphatic rings. The van der Waals surface area contributed by atoms with Gasteiger partial charge in [0, 0.05) is 21.4 Å². The summed E-state index contributed by atoms with van der Waals surface area (Å²) >= 11 is 3.46. The molecule has 5 heteroatoms. The van der Waals surface area contributed by atoms with Crippen molar-refractivity contribution in [3.63, 3.8) is 0 Å². The fourth-order valence-corrected chi connectivity index (χ4v) is 2.29. The fourth-order valence-electron chi connectivity index (χ4n) is 1.91. The lowest BCUT2D eigenvalue weighted by molar-refractivity contribution is -0.114. The van der Waals surface area contributed by atoms with Crippen LogP contribution in [0.25, 0.3) is 0 Å². The molecular weight excluding hydrogens is 344 g/mol. The van der Waals surface area contributed by atoms with E-state index >= 15 is 0 Å². The van der Waals surface area contributed by atoms with Crippen molar-refractivity contribution in [3.05, 3.63) is 58.1 Å². The maximum Gasteiger partial charge on any atom is 0.243 e. The number of carbonyl (C=O) groups excluding carboxylic acids is 2. The predicted octanol–water partition coefficient (Wildman–Crippen LogP) is 4.01. The van der Waals surface area contributed by atoms with Crippen LogP contribution in [0.5, 0.6) is 0 Å². The highest BCUT2D eigenvalue weighted by Crippen LogP contribution is 2.20. The van der Waals surface area contributed by atoms with Crippen molar-refractivity contribution < 1.29 is 9.59 Å². The minimum absolute atomic E-state index is 0.0290. The van der Waals surface area contributed by atoms with Crippen molar-refractivity contribution in [1.82, 2.24) is 0 Å². The normalized spacial score (nSPS) is 10.1. The van der Waals surface area contributed by atoms with E-state index in [1.165, 1.54) is 6.92 Å². The van der Waals surface area contributed by atoms with Crippen molar-refractivity contribution in [2.24, 2.45) is 0 Å². The van der Waals surface area contributed by atoms with E-state index in [0.29, 0.717) is 11.3 Å². The van der Waals surface area contributed by atoms with Crippen LogP contribution < -0.4 is 10.6 Å². The van der Waals surface area contributed by atoms with Gasteiger partial charge in [-0.05, 0) is 43.7 Å². The summed E-state index contributed by atoms with van der Waals surface area (Å²) in [6.07, 6.45) is 0. The second kappa shape index (κ2) is 7.22. The Morgan fingerprint density at radius 2 is 1.86 bits per heavy atom. The zero-order valence-electron chi connectivity index (χ0n) is 12.4. The first-order valence-electron chi connectivity index (χ1n) is 6.86. The predicted molar refractivity (Wildman–Crippen MR) is 92.4 cm³/mol. The zero-order valence-corrected chi connectivity index (χ0v) is 14.0. The van der Waals surface area contributed by atoms with E-state index < -0.39 is 0 Å². The maximum absolute atomic E-state index is 11.9. The summed E-state index contributed by atoms with van der Waals surface area (Å²) in [7, 11) is 0. The van der Waals surface area contributed by atoms with Crippen molar-refractivity contribution in [1.29, 1.82) is 0 Å². The molecule has 114 valence electrons. The van der Waals surface area contributed by atoms with Gasteiger partial charge in [-0.25, -0.2) is 0 Å². The lowest BCUT2D eigenvalue weighted by Crippen LogP contribution is -2.21. The molecule has 2 rings (SSSR count). The summed E-state index contributed by atoms with van der Waals surface area (Å²) in [5.74, 6) is -0.198. The van der Waals surface area contributed by atoms with Crippen LogP contribution in [-0.4, -0.2) is 18.2 Å². The molecule has 0 fully saturated rings. The van der Waals surface area contributed by atoms with E-state index in [1.807, 2.05) is 25.1 Å². The number of anilines is 2. The minimum Gasteiger partial charge on any atom is -0.376 e. The van der Waals surface area contributed by atoms with Gasteiger partial charge in [-0.2, -0.15) is 0 Å². The Balaban J connectivity index is 1.94. The number of nitrogens with one attached hydrogen (secondary N) is 2. The first kappa shape index (κ1) is 16.2. The number of ketones is 1. The van der Waals surface area contributed by atoms with Crippen LogP contribution in [0.15, 0.2) is 46.9 Å². The fraction of sp³-hybridized carbons (Fsp3) is 0.176. The number of hydrogen-bond acceptors (Lipinski definition) is 3. The molecule has 0 saturated carbocycles. The highest BCUT2D eigenvalue weighted by atomic mass is 79.9. The Labute approximate surface area is 138 Å². The quantitative estimate of drug-likeness (QED) is 0.792. The Kier molecular flexibility index (Phi) is 5.33. The van der Waals surface area contributed by atoms with E-state index in [0.717, 1.165) is 15.7 Å². The molecule has 2 aromatic carbocycles. The molecule has 0 radical (unpaired) electrons. The van der Waals surface area contributed by atoms with Crippen molar-refractivity contribution in [3.8, 4) is 0 Å². The lowest BCUT2D eigenvalue weighted by atomic mass is 10.1. The van der Waals surface area contributed by atoms with Crippen LogP contribution in [0.1, 0.15) is 22.8 Å². The Morgan fingerprint density at radius 3 is 2.55 bits per heavy atom. The molecule has 2 N–H and O–H groups in total. The van der Waals surface area contributed by atoms with Gasteiger partial charge < -0.3 is 10.6 Å². The minimum atomic E-state index is -0.169. The summed E-state index contributed by atoms with van der Waals surface area (Å²) in [6, 6.07) is 12.7. The monoisotopic (exact) mass is 360 g/mol. The number of benzene rings is 2. The van der Waals surface area contributed by atoms with Gasteiger partial charge in [-0.3, -0.25) is 9.59 Å². The molecule has 0 aliphatic heterocycles. The molecule has 0 bridgehead atoms. The lowest BCUT2D eigenvalue weighted by Gasteiger charge is -2.09. The van der Waals surface area contributed by atoms with Crippen molar-refractivity contribution >= 4 is 39.0 Å². The first-order valence-corrected chi connectivity index (χ1v) is 7.66. The molecule has 22 heavy (non-hydrogen) atoms. The maximum atomic E-state index is 11.9. The molecule has 0 heterocycles. The number of halogens is 1. The van der Waals surface area contributed by atoms with Crippen LogP contribution in [0.2, 0.25) is 0 Å². The van der Waals surface area contributed by atoms with Crippen LogP contribution in [0.3, 0.4) is 0 Å². The van der Waals surface area contributed by atoms with Gasteiger partial charge in [0.05, 0.1) is 6.54 Å². The van der Waals surface area contributed by atoms with Gasteiger partial charge in [0.25, 0.3) is 0 Å². The SMILES string of the molecule is CC(=O)c1cccc(NC(=O)CNc2ccc(C)c(Br)c2)c1. The molecule has 1 amide bonds. The Hall–Kier alpha value is -2.14. The molecule has 0 unspecified atom stereocenters. The number of hydrogen-bond donors (Lipinski definition) is 2. The molecule has 0 saturated heterocycles. The third-order valence-electron chi connectivity index (χ3n) is 3.18. The van der Waals surface area contributed by atoms with E-state index in [-0.39, 0.29) is 18.2 Å². The second-order valence-corrected chi connectivity index (χ2v) is 5.86. The van der Waals surface area contributed by atoms with Gasteiger partial charge in [-0.1, -0.05) is 34.1 Å². The standard InChI is InChI=1S/C17H17BrN2O2/c1-11-6-7-14(9-16(11)18)19-10-17(22)20-15-5-3-4-13(8-15)12(2)21/h3-9,19H,10H2,1-2H3,(H,20,22). The number of rotatable bonds is 5. The molecule has 0 aromatic heterocycles. The van der Waals surface area contributed by atoms with Gasteiger partial charge in [0.2, 0.25) is 5.91 Å². The van der Waals surface area contributed by atoms with Gasteiger partial charge in [0.15, 0.2) is 5.78 Å². The summed E-state index contributed by atoms with van der Waals surface area (Å²) in [6.45, 7) is 3.65. The molecule has 0 aliphatic carbocycles. The first-order chi connectivity index (χ1) is 10.5. The molecular formula is C17H17BrN2O2. The number of carbonyl (C=O) groups is 2. The van der Waals surface area contributed by atoms with E-state index in [1.54, 1.807) is 24.3 Å². The third-order valence-corrected chi connectivity index (χ3v) is 4.03. The van der Waals surface area contributed by atoms with Crippen LogP contribution >= 0.6 is 15.9 Å². The van der Waals surface area contributed by atoms with E-state index in [2.05, 4.69) is 26.6 Å². The summed E-state index contributed by atoms with van der Waals surface area (Å²) in [4.78, 5) is 23.3. The van der Waals surface area contributed by atoms with E-state index in [4.69, 9.17) is 0 Å². The largest absolute Gasteiger partial charge is 0.376 e. The number of amides is 1. The van der Waals surface area contributed by atoms with Crippen LogP contribution in [-0.2, 0) is 4.79 Å². The Bertz CT molecular complexity index is 714. The van der Waals surface area contributed by atoms with Crippen LogP contribution in [0.4, 0.5) is 11.4 Å². The number of aryl methyl sites for hydroxylation is 1. The summed E-state index contributed by atoms with van der Waals surface area (Å²) < 4.78 is 0.993. The molecule has 0 atom stereocenters.